The van der Waals surface area contributed by atoms with E-state index < -0.39 is 11.9 Å². The van der Waals surface area contributed by atoms with Crippen LogP contribution < -0.4 is 11.2 Å². The molecule has 0 saturated carbocycles. The first kappa shape index (κ1) is 9.74. The summed E-state index contributed by atoms with van der Waals surface area (Å²) in [4.78, 5) is 10.5. The quantitative estimate of drug-likeness (QED) is 0.389. The van der Waals surface area contributed by atoms with Crippen LogP contribution in [0.15, 0.2) is 0 Å². The number of hydroxylamine groups is 1. The molecule has 0 heterocycles. The largest absolute Gasteiger partial charge is 0.320 e. The molecule has 1 amide bonds. The van der Waals surface area contributed by atoms with Crippen LogP contribution in [0, 0.1) is 0 Å². The van der Waals surface area contributed by atoms with Crippen molar-refractivity contribution >= 4 is 17.7 Å². The van der Waals surface area contributed by atoms with Gasteiger partial charge in [0.1, 0.15) is 0 Å². The van der Waals surface area contributed by atoms with Crippen LogP contribution in [-0.2, 0) is 4.79 Å². The molecule has 0 rings (SSSR count). The first-order chi connectivity index (χ1) is 4.72. The Morgan fingerprint density at radius 3 is 2.90 bits per heavy atom. The molecule has 0 aromatic heterocycles. The molecule has 0 radical (unpaired) electrons. The lowest BCUT2D eigenvalue weighted by Gasteiger charge is -2.06. The van der Waals surface area contributed by atoms with Gasteiger partial charge in [-0.3, -0.25) is 10.0 Å². The predicted octanol–water partition coefficient (Wildman–Crippen LogP) is -0.428. The first-order valence-electron chi connectivity index (χ1n) is 2.90. The summed E-state index contributed by atoms with van der Waals surface area (Å²) < 4.78 is 0. The van der Waals surface area contributed by atoms with Crippen LogP contribution in [0.3, 0.4) is 0 Å². The van der Waals surface area contributed by atoms with Crippen LogP contribution >= 0.6 is 11.8 Å². The lowest BCUT2D eigenvalue weighted by atomic mass is 10.2. The van der Waals surface area contributed by atoms with Crippen molar-refractivity contribution in [2.45, 2.75) is 12.5 Å². The minimum atomic E-state index is -0.586. The molecular formula is C5H12N2O2S. The van der Waals surface area contributed by atoms with Crippen LogP contribution in [0.5, 0.6) is 0 Å². The molecule has 5 heteroatoms. The molecule has 0 aliphatic carbocycles. The summed E-state index contributed by atoms with van der Waals surface area (Å²) in [5.41, 5.74) is 6.83. The van der Waals surface area contributed by atoms with Crippen molar-refractivity contribution in [1.29, 1.82) is 0 Å². The topological polar surface area (TPSA) is 75.4 Å². The molecule has 0 fully saturated rings. The van der Waals surface area contributed by atoms with E-state index in [2.05, 4.69) is 0 Å². The highest BCUT2D eigenvalue weighted by molar-refractivity contribution is 7.98. The van der Waals surface area contributed by atoms with Crippen molar-refractivity contribution < 1.29 is 10.0 Å². The molecule has 0 aliphatic heterocycles. The fraction of sp³-hybridized carbons (Fsp3) is 0.800. The maximum absolute atomic E-state index is 10.5. The van der Waals surface area contributed by atoms with Gasteiger partial charge in [-0.2, -0.15) is 11.8 Å². The highest BCUT2D eigenvalue weighted by Gasteiger charge is 2.10. The Morgan fingerprint density at radius 1 is 1.90 bits per heavy atom. The second-order valence-electron chi connectivity index (χ2n) is 1.86. The zero-order valence-electron chi connectivity index (χ0n) is 5.83. The van der Waals surface area contributed by atoms with Crippen molar-refractivity contribution in [2.24, 2.45) is 5.73 Å². The van der Waals surface area contributed by atoms with Crippen LogP contribution in [0.25, 0.3) is 0 Å². The molecule has 0 aromatic carbocycles. The molecule has 0 unspecified atom stereocenters. The Labute approximate surface area is 64.1 Å². The summed E-state index contributed by atoms with van der Waals surface area (Å²) in [5.74, 6) is 0.309. The number of amides is 1. The van der Waals surface area contributed by atoms with E-state index in [1.54, 1.807) is 11.8 Å². The fourth-order valence-corrected chi connectivity index (χ4v) is 0.948. The van der Waals surface area contributed by atoms with E-state index in [9.17, 15) is 4.79 Å². The third kappa shape index (κ3) is 3.71. The summed E-state index contributed by atoms with van der Waals surface area (Å²) >= 11 is 1.62. The summed E-state index contributed by atoms with van der Waals surface area (Å²) in [5, 5.41) is 8.12. The van der Waals surface area contributed by atoms with E-state index in [4.69, 9.17) is 10.9 Å². The Balaban J connectivity index is 3.41. The van der Waals surface area contributed by atoms with E-state index >= 15 is 0 Å². The number of thioether (sulfide) groups is 1. The van der Waals surface area contributed by atoms with Gasteiger partial charge < -0.3 is 5.73 Å². The Hall–Kier alpha value is -0.260. The summed E-state index contributed by atoms with van der Waals surface area (Å²) in [7, 11) is 0. The SMILES string of the molecule is CSCC[C@@H](N)C(=O)NO. The molecule has 0 aromatic rings. The van der Waals surface area contributed by atoms with Gasteiger partial charge in [0, 0.05) is 0 Å². The number of carbonyl (C=O) groups is 1. The van der Waals surface area contributed by atoms with E-state index in [-0.39, 0.29) is 0 Å². The molecule has 0 bridgehead atoms. The van der Waals surface area contributed by atoms with Crippen LogP contribution in [-0.4, -0.2) is 29.2 Å². The molecule has 0 saturated heterocycles. The minimum Gasteiger partial charge on any atom is -0.320 e. The van der Waals surface area contributed by atoms with Crippen molar-refractivity contribution in [2.75, 3.05) is 12.0 Å². The smallest absolute Gasteiger partial charge is 0.260 e. The van der Waals surface area contributed by atoms with Gasteiger partial charge in [0.25, 0.3) is 5.91 Å². The number of carbonyl (C=O) groups excluding carboxylic acids is 1. The van der Waals surface area contributed by atoms with Gasteiger partial charge in [0.15, 0.2) is 0 Å². The maximum atomic E-state index is 10.5. The minimum absolute atomic E-state index is 0.519. The third-order valence-corrected chi connectivity index (χ3v) is 1.72. The maximum Gasteiger partial charge on any atom is 0.260 e. The molecule has 4 nitrogen and oxygen atoms in total. The second kappa shape index (κ2) is 5.52. The summed E-state index contributed by atoms with van der Waals surface area (Å²) in [6.45, 7) is 0. The van der Waals surface area contributed by atoms with Crippen LogP contribution in [0.4, 0.5) is 0 Å². The van der Waals surface area contributed by atoms with Gasteiger partial charge in [0.2, 0.25) is 0 Å². The van der Waals surface area contributed by atoms with Gasteiger partial charge in [-0.15, -0.1) is 0 Å². The first-order valence-corrected chi connectivity index (χ1v) is 4.30. The molecule has 60 valence electrons. The third-order valence-electron chi connectivity index (χ3n) is 1.08. The molecule has 0 aliphatic rings. The van der Waals surface area contributed by atoms with Gasteiger partial charge in [0.05, 0.1) is 6.04 Å². The van der Waals surface area contributed by atoms with E-state index in [0.717, 1.165) is 5.75 Å². The standard InChI is InChI=1S/C5H12N2O2S/c1-10-3-2-4(6)5(8)7-9/h4,9H,2-3,6H2,1H3,(H,7,8)/t4-/m1/s1. The summed E-state index contributed by atoms with van der Waals surface area (Å²) in [6.07, 6.45) is 2.52. The number of nitrogens with two attached hydrogens (primary N) is 1. The van der Waals surface area contributed by atoms with E-state index in [1.165, 1.54) is 5.48 Å². The van der Waals surface area contributed by atoms with Crippen LogP contribution in [0.2, 0.25) is 0 Å². The Morgan fingerprint density at radius 2 is 2.50 bits per heavy atom. The molecule has 1 atom stereocenters. The molecule has 4 N–H and O–H groups in total. The fourth-order valence-electron chi connectivity index (χ4n) is 0.459. The lowest BCUT2D eigenvalue weighted by Crippen LogP contribution is -2.39. The average molecular weight is 164 g/mol. The zero-order valence-corrected chi connectivity index (χ0v) is 6.65. The summed E-state index contributed by atoms with van der Waals surface area (Å²) in [6, 6.07) is -0.586. The lowest BCUT2D eigenvalue weighted by molar-refractivity contribution is -0.130. The highest BCUT2D eigenvalue weighted by atomic mass is 32.2. The van der Waals surface area contributed by atoms with Crippen LogP contribution in [0.1, 0.15) is 6.42 Å². The zero-order chi connectivity index (χ0) is 7.98. The van der Waals surface area contributed by atoms with Gasteiger partial charge in [-0.05, 0) is 18.4 Å². The highest BCUT2D eigenvalue weighted by Crippen LogP contribution is 1.97. The normalized spacial score (nSPS) is 12.7. The number of rotatable bonds is 4. The van der Waals surface area contributed by atoms with Crippen molar-refractivity contribution in [3.05, 3.63) is 0 Å². The molecular weight excluding hydrogens is 152 g/mol. The molecule has 0 spiro atoms. The van der Waals surface area contributed by atoms with Gasteiger partial charge >= 0.3 is 0 Å². The van der Waals surface area contributed by atoms with Crippen molar-refractivity contribution in [3.8, 4) is 0 Å². The number of hydrogen-bond acceptors (Lipinski definition) is 4. The predicted molar refractivity (Wildman–Crippen MR) is 40.9 cm³/mol. The van der Waals surface area contributed by atoms with Gasteiger partial charge in [-0.1, -0.05) is 0 Å². The Bertz CT molecular complexity index is 110. The van der Waals surface area contributed by atoms with Crippen molar-refractivity contribution in [1.82, 2.24) is 5.48 Å². The monoisotopic (exact) mass is 164 g/mol. The van der Waals surface area contributed by atoms with E-state index in [1.807, 2.05) is 6.26 Å². The Kier molecular flexibility index (Phi) is 5.38. The van der Waals surface area contributed by atoms with Gasteiger partial charge in [-0.25, -0.2) is 5.48 Å². The van der Waals surface area contributed by atoms with E-state index in [0.29, 0.717) is 6.42 Å². The number of hydrogen-bond donors (Lipinski definition) is 3. The second-order valence-corrected chi connectivity index (χ2v) is 2.85. The molecule has 10 heavy (non-hydrogen) atoms. The number of nitrogens with one attached hydrogen (secondary N) is 1. The average Bonchev–Trinajstić information content (AvgIpc) is 1.98. The van der Waals surface area contributed by atoms with Crippen molar-refractivity contribution in [3.63, 3.8) is 0 Å².